The van der Waals surface area contributed by atoms with Gasteiger partial charge in [-0.15, -0.1) is 0 Å². The number of nitrogens with two attached hydrogens (primary N) is 1. The lowest BCUT2D eigenvalue weighted by Crippen LogP contribution is -1.99. The Bertz CT molecular complexity index is 827. The van der Waals surface area contributed by atoms with Crippen molar-refractivity contribution < 1.29 is 4.39 Å². The van der Waals surface area contributed by atoms with Crippen LogP contribution in [-0.2, 0) is 6.54 Å². The van der Waals surface area contributed by atoms with Crippen LogP contribution < -0.4 is 5.73 Å². The van der Waals surface area contributed by atoms with Crippen molar-refractivity contribution in [1.82, 2.24) is 4.57 Å². The fraction of sp³-hybridized carbons (Fsp3) is 0.0625. The molecule has 3 nitrogen and oxygen atoms in total. The van der Waals surface area contributed by atoms with Gasteiger partial charge in [0.1, 0.15) is 11.9 Å². The molecule has 0 saturated heterocycles. The third kappa shape index (κ3) is 1.99. The monoisotopic (exact) mass is 265 g/mol. The minimum atomic E-state index is -0.488. The highest BCUT2D eigenvalue weighted by atomic mass is 19.1. The fourth-order valence-electron chi connectivity index (χ4n) is 2.34. The number of aromatic nitrogens is 1. The summed E-state index contributed by atoms with van der Waals surface area (Å²) in [5.74, 6) is -0.488. The number of anilines is 1. The number of rotatable bonds is 2. The molecule has 0 bridgehead atoms. The van der Waals surface area contributed by atoms with E-state index in [1.165, 1.54) is 6.07 Å². The maximum Gasteiger partial charge on any atom is 0.140 e. The number of fused-ring (bicyclic) bond motifs is 1. The first-order valence-electron chi connectivity index (χ1n) is 6.21. The van der Waals surface area contributed by atoms with Crippen LogP contribution in [0.25, 0.3) is 10.9 Å². The molecule has 1 heterocycles. The molecule has 0 aliphatic heterocycles. The average molecular weight is 265 g/mol. The average Bonchev–Trinajstić information content (AvgIpc) is 2.86. The highest BCUT2D eigenvalue weighted by Crippen LogP contribution is 2.23. The Kier molecular flexibility index (Phi) is 2.88. The van der Waals surface area contributed by atoms with E-state index in [1.54, 1.807) is 12.1 Å². The highest BCUT2D eigenvalue weighted by molar-refractivity contribution is 5.91. The van der Waals surface area contributed by atoms with Crippen LogP contribution in [0.1, 0.15) is 11.1 Å². The molecule has 0 saturated carbocycles. The standard InChI is InChI=1S/C16H12FN3/c17-14-5-4-11(8-12(14)9-18)10-20-7-6-13-15(19)2-1-3-16(13)20/h1-8H,10,19H2. The van der Waals surface area contributed by atoms with Crippen molar-refractivity contribution in [1.29, 1.82) is 5.26 Å². The van der Waals surface area contributed by atoms with Crippen molar-refractivity contribution in [2.24, 2.45) is 0 Å². The Morgan fingerprint density at radius 1 is 1.20 bits per heavy atom. The van der Waals surface area contributed by atoms with E-state index in [9.17, 15) is 4.39 Å². The van der Waals surface area contributed by atoms with Crippen molar-refractivity contribution in [2.45, 2.75) is 6.54 Å². The summed E-state index contributed by atoms with van der Waals surface area (Å²) < 4.78 is 15.3. The molecule has 0 unspecified atom stereocenters. The second-order valence-corrected chi connectivity index (χ2v) is 4.65. The van der Waals surface area contributed by atoms with Crippen molar-refractivity contribution in [2.75, 3.05) is 5.73 Å². The summed E-state index contributed by atoms with van der Waals surface area (Å²) in [4.78, 5) is 0. The van der Waals surface area contributed by atoms with Gasteiger partial charge >= 0.3 is 0 Å². The molecule has 2 N–H and O–H groups in total. The summed E-state index contributed by atoms with van der Waals surface area (Å²) in [6.45, 7) is 0.571. The van der Waals surface area contributed by atoms with Crippen LogP contribution in [0.15, 0.2) is 48.7 Å². The number of benzene rings is 2. The lowest BCUT2D eigenvalue weighted by atomic mass is 10.1. The van der Waals surface area contributed by atoms with Crippen LogP contribution in [0.3, 0.4) is 0 Å². The Morgan fingerprint density at radius 2 is 2.05 bits per heavy atom. The van der Waals surface area contributed by atoms with Crippen molar-refractivity contribution >= 4 is 16.6 Å². The number of halogens is 1. The second-order valence-electron chi connectivity index (χ2n) is 4.65. The first kappa shape index (κ1) is 12.2. The number of hydrogen-bond donors (Lipinski definition) is 1. The van der Waals surface area contributed by atoms with Gasteiger partial charge in [-0.25, -0.2) is 4.39 Å². The maximum absolute atomic E-state index is 13.3. The van der Waals surface area contributed by atoms with Gasteiger partial charge < -0.3 is 10.3 Å². The zero-order valence-corrected chi connectivity index (χ0v) is 10.7. The van der Waals surface area contributed by atoms with Gasteiger partial charge in [-0.05, 0) is 35.9 Å². The second kappa shape index (κ2) is 4.71. The third-order valence-corrected chi connectivity index (χ3v) is 3.35. The fourth-order valence-corrected chi connectivity index (χ4v) is 2.34. The highest BCUT2D eigenvalue weighted by Gasteiger charge is 2.06. The molecule has 0 spiro atoms. The predicted octanol–water partition coefficient (Wildman–Crippen LogP) is 3.28. The molecular weight excluding hydrogens is 253 g/mol. The van der Waals surface area contributed by atoms with Crippen LogP contribution >= 0.6 is 0 Å². The summed E-state index contributed by atoms with van der Waals surface area (Å²) in [5, 5.41) is 9.86. The Labute approximate surface area is 115 Å². The minimum Gasteiger partial charge on any atom is -0.398 e. The van der Waals surface area contributed by atoms with Gasteiger partial charge in [0.15, 0.2) is 0 Å². The van der Waals surface area contributed by atoms with E-state index >= 15 is 0 Å². The van der Waals surface area contributed by atoms with E-state index in [-0.39, 0.29) is 5.56 Å². The van der Waals surface area contributed by atoms with E-state index < -0.39 is 5.82 Å². The molecule has 0 aliphatic rings. The summed E-state index contributed by atoms with van der Waals surface area (Å²) in [6.07, 6.45) is 1.94. The number of nitrogen functional groups attached to an aromatic ring is 1. The molecule has 4 heteroatoms. The van der Waals surface area contributed by atoms with Gasteiger partial charge in [-0.1, -0.05) is 12.1 Å². The first-order chi connectivity index (χ1) is 9.69. The van der Waals surface area contributed by atoms with Crippen LogP contribution in [-0.4, -0.2) is 4.57 Å². The SMILES string of the molecule is N#Cc1cc(Cn2ccc3c(N)cccc32)ccc1F. The number of nitrogens with zero attached hydrogens (tertiary/aromatic N) is 2. The van der Waals surface area contributed by atoms with Crippen LogP contribution in [0, 0.1) is 17.1 Å². The lowest BCUT2D eigenvalue weighted by molar-refractivity contribution is 0.622. The van der Waals surface area contributed by atoms with Crippen LogP contribution in [0.4, 0.5) is 10.1 Å². The summed E-state index contributed by atoms with van der Waals surface area (Å²) in [5.41, 5.74) is 8.62. The largest absolute Gasteiger partial charge is 0.398 e. The van der Waals surface area contributed by atoms with Crippen molar-refractivity contribution in [3.8, 4) is 6.07 Å². The maximum atomic E-state index is 13.3. The normalized spacial score (nSPS) is 10.6. The molecular formula is C16H12FN3. The van der Waals surface area contributed by atoms with Gasteiger partial charge in [0.2, 0.25) is 0 Å². The van der Waals surface area contributed by atoms with E-state index in [1.807, 2.05) is 41.1 Å². The molecule has 0 atom stereocenters. The summed E-state index contributed by atoms with van der Waals surface area (Å²) in [6, 6.07) is 14.2. The van der Waals surface area contributed by atoms with E-state index in [2.05, 4.69) is 0 Å². The Morgan fingerprint density at radius 3 is 2.85 bits per heavy atom. The molecule has 98 valence electrons. The first-order valence-corrected chi connectivity index (χ1v) is 6.21. The summed E-state index contributed by atoms with van der Waals surface area (Å²) >= 11 is 0. The zero-order chi connectivity index (χ0) is 14.1. The van der Waals surface area contributed by atoms with Crippen LogP contribution in [0.2, 0.25) is 0 Å². The molecule has 0 aliphatic carbocycles. The Hall–Kier alpha value is -2.80. The minimum absolute atomic E-state index is 0.0680. The van der Waals surface area contributed by atoms with Gasteiger partial charge in [0, 0.05) is 23.8 Å². The molecule has 0 fully saturated rings. The van der Waals surface area contributed by atoms with Crippen LogP contribution in [0.5, 0.6) is 0 Å². The van der Waals surface area contributed by atoms with E-state index in [0.717, 1.165) is 22.2 Å². The van der Waals surface area contributed by atoms with Gasteiger partial charge in [-0.3, -0.25) is 0 Å². The quantitative estimate of drug-likeness (QED) is 0.723. The molecule has 2 aromatic carbocycles. The molecule has 1 aromatic heterocycles. The lowest BCUT2D eigenvalue weighted by Gasteiger charge is -2.07. The van der Waals surface area contributed by atoms with Gasteiger partial charge in [0.25, 0.3) is 0 Å². The Balaban J connectivity index is 2.02. The van der Waals surface area contributed by atoms with Crippen molar-refractivity contribution in [3.05, 3.63) is 65.6 Å². The molecule has 20 heavy (non-hydrogen) atoms. The van der Waals surface area contributed by atoms with E-state index in [4.69, 9.17) is 11.0 Å². The topological polar surface area (TPSA) is 54.7 Å². The molecule has 3 rings (SSSR count). The number of nitriles is 1. The molecule has 3 aromatic rings. The van der Waals surface area contributed by atoms with Gasteiger partial charge in [0.05, 0.1) is 11.1 Å². The third-order valence-electron chi connectivity index (χ3n) is 3.35. The van der Waals surface area contributed by atoms with E-state index in [0.29, 0.717) is 6.54 Å². The molecule has 0 amide bonds. The number of hydrogen-bond acceptors (Lipinski definition) is 2. The smallest absolute Gasteiger partial charge is 0.140 e. The molecule has 0 radical (unpaired) electrons. The van der Waals surface area contributed by atoms with Crippen molar-refractivity contribution in [3.63, 3.8) is 0 Å². The van der Waals surface area contributed by atoms with Gasteiger partial charge in [-0.2, -0.15) is 5.26 Å². The predicted molar refractivity (Wildman–Crippen MR) is 76.6 cm³/mol. The summed E-state index contributed by atoms with van der Waals surface area (Å²) in [7, 11) is 0. The zero-order valence-electron chi connectivity index (χ0n) is 10.7.